The monoisotopic (exact) mass is 283 g/mol. The number of nitrogens with one attached hydrogen (secondary N) is 1. The first-order valence-electron chi connectivity index (χ1n) is 5.85. The summed E-state index contributed by atoms with van der Waals surface area (Å²) in [6.07, 6.45) is 0.779. The van der Waals surface area contributed by atoms with Crippen LogP contribution in [0.5, 0.6) is 0 Å². The van der Waals surface area contributed by atoms with Gasteiger partial charge in [0.1, 0.15) is 17.3 Å². The normalized spacial score (nSPS) is 21.6. The van der Waals surface area contributed by atoms with Crippen LogP contribution < -0.4 is 4.72 Å². The summed E-state index contributed by atoms with van der Waals surface area (Å²) in [6.45, 7) is 1.60. The van der Waals surface area contributed by atoms with Crippen LogP contribution in [0.25, 0.3) is 0 Å². The van der Waals surface area contributed by atoms with Crippen molar-refractivity contribution in [2.24, 2.45) is 5.92 Å². The molecule has 19 heavy (non-hydrogen) atoms. The van der Waals surface area contributed by atoms with Gasteiger partial charge >= 0.3 is 0 Å². The number of sulfonamides is 1. The molecule has 0 radical (unpaired) electrons. The molecule has 0 amide bonds. The van der Waals surface area contributed by atoms with Crippen molar-refractivity contribution in [3.63, 3.8) is 0 Å². The first kappa shape index (κ1) is 14.0. The molecule has 0 spiro atoms. The lowest BCUT2D eigenvalue weighted by molar-refractivity contribution is 0.350. The maximum absolute atomic E-state index is 13.8. The van der Waals surface area contributed by atoms with Crippen LogP contribution in [-0.4, -0.2) is 26.2 Å². The van der Waals surface area contributed by atoms with Gasteiger partial charge in [0.05, 0.1) is 0 Å². The molecule has 1 aromatic rings. The Bertz CT molecular complexity index is 646. The van der Waals surface area contributed by atoms with E-state index in [0.29, 0.717) is 11.5 Å². The average Bonchev–Trinajstić information content (AvgIpc) is 3.01. The van der Waals surface area contributed by atoms with Gasteiger partial charge in [0, 0.05) is 11.6 Å². The second kappa shape index (κ2) is 5.29. The third kappa shape index (κ3) is 3.32. The van der Waals surface area contributed by atoms with Gasteiger partial charge in [-0.05, 0) is 30.5 Å². The second-order valence-corrected chi connectivity index (χ2v) is 6.23. The molecular formula is C13H14FNO3S. The minimum Gasteiger partial charge on any atom is -0.384 e. The zero-order valence-corrected chi connectivity index (χ0v) is 11.2. The molecule has 0 saturated heterocycles. The Morgan fingerprint density at radius 2 is 2.21 bits per heavy atom. The van der Waals surface area contributed by atoms with Gasteiger partial charge in [-0.3, -0.25) is 0 Å². The van der Waals surface area contributed by atoms with Gasteiger partial charge in [0.25, 0.3) is 0 Å². The van der Waals surface area contributed by atoms with Crippen molar-refractivity contribution in [1.82, 2.24) is 4.72 Å². The Kier molecular flexibility index (Phi) is 3.90. The summed E-state index contributed by atoms with van der Waals surface area (Å²) in [7, 11) is -3.82. The molecule has 2 unspecified atom stereocenters. The Morgan fingerprint density at radius 1 is 1.53 bits per heavy atom. The molecule has 4 nitrogen and oxygen atoms in total. The minimum absolute atomic E-state index is 0.0988. The molecular weight excluding hydrogens is 269 g/mol. The van der Waals surface area contributed by atoms with Crippen LogP contribution in [0.4, 0.5) is 4.39 Å². The van der Waals surface area contributed by atoms with Crippen molar-refractivity contribution < 1.29 is 17.9 Å². The van der Waals surface area contributed by atoms with Gasteiger partial charge in [-0.1, -0.05) is 18.8 Å². The van der Waals surface area contributed by atoms with Gasteiger partial charge in [0.2, 0.25) is 10.0 Å². The van der Waals surface area contributed by atoms with Crippen LogP contribution >= 0.6 is 0 Å². The quantitative estimate of drug-likeness (QED) is 0.808. The number of aliphatic hydroxyl groups excluding tert-OH is 1. The number of benzene rings is 1. The summed E-state index contributed by atoms with van der Waals surface area (Å²) in [5.74, 6) is 4.35. The summed E-state index contributed by atoms with van der Waals surface area (Å²) in [5, 5.41) is 8.54. The lowest BCUT2D eigenvalue weighted by atomic mass is 10.2. The van der Waals surface area contributed by atoms with Crippen LogP contribution in [0, 0.1) is 23.6 Å². The Hall–Kier alpha value is -1.42. The van der Waals surface area contributed by atoms with Crippen LogP contribution in [-0.2, 0) is 10.0 Å². The Labute approximate surface area is 111 Å². The molecule has 102 valence electrons. The number of hydrogen-bond donors (Lipinski definition) is 2. The highest BCUT2D eigenvalue weighted by atomic mass is 32.2. The Balaban J connectivity index is 2.25. The topological polar surface area (TPSA) is 66.4 Å². The standard InChI is InChI=1S/C13H14FNO3S/c1-9-7-12(9)15-19(17,18)13-5-4-10(3-2-6-16)8-11(13)14/h4-5,8-9,12,15-16H,6-7H2,1H3. The molecule has 1 fully saturated rings. The third-order valence-corrected chi connectivity index (χ3v) is 4.47. The highest BCUT2D eigenvalue weighted by Gasteiger charge is 2.37. The molecule has 0 aliphatic heterocycles. The van der Waals surface area contributed by atoms with Crippen molar-refractivity contribution in [2.45, 2.75) is 24.3 Å². The van der Waals surface area contributed by atoms with E-state index in [1.54, 1.807) is 0 Å². The van der Waals surface area contributed by atoms with Gasteiger partial charge in [-0.2, -0.15) is 0 Å². The first-order chi connectivity index (χ1) is 8.94. The highest BCUT2D eigenvalue weighted by molar-refractivity contribution is 7.89. The first-order valence-corrected chi connectivity index (χ1v) is 7.34. The largest absolute Gasteiger partial charge is 0.384 e. The van der Waals surface area contributed by atoms with E-state index in [0.717, 1.165) is 12.5 Å². The van der Waals surface area contributed by atoms with Crippen molar-refractivity contribution >= 4 is 10.0 Å². The molecule has 1 saturated carbocycles. The van der Waals surface area contributed by atoms with Crippen molar-refractivity contribution in [3.8, 4) is 11.8 Å². The predicted octanol–water partition coefficient (Wildman–Crippen LogP) is 0.856. The van der Waals surface area contributed by atoms with Gasteiger partial charge in [-0.15, -0.1) is 0 Å². The van der Waals surface area contributed by atoms with Gasteiger partial charge in [-0.25, -0.2) is 17.5 Å². The van der Waals surface area contributed by atoms with E-state index in [9.17, 15) is 12.8 Å². The molecule has 0 heterocycles. The van der Waals surface area contributed by atoms with Crippen LogP contribution in [0.15, 0.2) is 23.1 Å². The second-order valence-electron chi connectivity index (χ2n) is 4.55. The maximum atomic E-state index is 13.8. The van der Waals surface area contributed by atoms with E-state index in [2.05, 4.69) is 16.6 Å². The average molecular weight is 283 g/mol. The molecule has 6 heteroatoms. The molecule has 0 bridgehead atoms. The molecule has 2 atom stereocenters. The zero-order chi connectivity index (χ0) is 14.0. The predicted molar refractivity (Wildman–Crippen MR) is 68.3 cm³/mol. The SMILES string of the molecule is CC1CC1NS(=O)(=O)c1ccc(C#CCO)cc1F. The molecule has 1 aliphatic rings. The summed E-state index contributed by atoms with van der Waals surface area (Å²) >= 11 is 0. The van der Waals surface area contributed by atoms with Crippen molar-refractivity contribution in [2.75, 3.05) is 6.61 Å². The molecule has 2 N–H and O–H groups in total. The number of rotatable bonds is 3. The van der Waals surface area contributed by atoms with Crippen LogP contribution in [0.3, 0.4) is 0 Å². The molecule has 0 aromatic heterocycles. The van der Waals surface area contributed by atoms with E-state index in [-0.39, 0.29) is 17.5 Å². The number of halogens is 1. The van der Waals surface area contributed by atoms with Crippen molar-refractivity contribution in [1.29, 1.82) is 0 Å². The summed E-state index contributed by atoms with van der Waals surface area (Å²) in [4.78, 5) is -0.374. The minimum atomic E-state index is -3.82. The lowest BCUT2D eigenvalue weighted by Gasteiger charge is -2.07. The number of hydrogen-bond acceptors (Lipinski definition) is 3. The fourth-order valence-electron chi connectivity index (χ4n) is 1.69. The lowest BCUT2D eigenvalue weighted by Crippen LogP contribution is -2.27. The number of aliphatic hydroxyl groups is 1. The maximum Gasteiger partial charge on any atom is 0.243 e. The molecule has 1 aliphatic carbocycles. The smallest absolute Gasteiger partial charge is 0.243 e. The molecule has 2 rings (SSSR count). The highest BCUT2D eigenvalue weighted by Crippen LogP contribution is 2.31. The van der Waals surface area contributed by atoms with E-state index >= 15 is 0 Å². The molecule has 1 aromatic carbocycles. The van der Waals surface area contributed by atoms with E-state index < -0.39 is 15.8 Å². The van der Waals surface area contributed by atoms with E-state index in [1.807, 2.05) is 6.92 Å². The fourth-order valence-corrected chi connectivity index (χ4v) is 3.10. The summed E-state index contributed by atoms with van der Waals surface area (Å²) in [6, 6.07) is 3.55. The van der Waals surface area contributed by atoms with E-state index in [1.165, 1.54) is 12.1 Å². The fraction of sp³-hybridized carbons (Fsp3) is 0.385. The van der Waals surface area contributed by atoms with Crippen molar-refractivity contribution in [3.05, 3.63) is 29.6 Å². The Morgan fingerprint density at radius 3 is 2.74 bits per heavy atom. The zero-order valence-electron chi connectivity index (χ0n) is 10.4. The summed E-state index contributed by atoms with van der Waals surface area (Å²) in [5.41, 5.74) is 0.324. The van der Waals surface area contributed by atoms with Crippen LogP contribution in [0.2, 0.25) is 0 Å². The van der Waals surface area contributed by atoms with Gasteiger partial charge in [0.15, 0.2) is 0 Å². The van der Waals surface area contributed by atoms with Crippen LogP contribution in [0.1, 0.15) is 18.9 Å². The van der Waals surface area contributed by atoms with E-state index in [4.69, 9.17) is 5.11 Å². The van der Waals surface area contributed by atoms with Gasteiger partial charge < -0.3 is 5.11 Å². The third-order valence-electron chi connectivity index (χ3n) is 2.95. The summed E-state index contributed by atoms with van der Waals surface area (Å²) < 4.78 is 40.1.